The van der Waals surface area contributed by atoms with Crippen LogP contribution in [0.4, 0.5) is 0 Å². The number of methoxy groups -OCH3 is 1. The summed E-state index contributed by atoms with van der Waals surface area (Å²) in [6.45, 7) is 3.83. The van der Waals surface area contributed by atoms with Crippen molar-refractivity contribution in [3.05, 3.63) is 59.2 Å². The minimum Gasteiger partial charge on any atom is -0.465 e. The summed E-state index contributed by atoms with van der Waals surface area (Å²) in [6, 6.07) is 13.3. The molecule has 0 aliphatic carbocycles. The third-order valence-corrected chi connectivity index (χ3v) is 5.14. The first-order valence-corrected chi connectivity index (χ1v) is 9.65. The van der Waals surface area contributed by atoms with E-state index in [4.69, 9.17) is 15.9 Å². The number of carbonyl (C=O) groups is 1. The molecule has 0 spiro atoms. The fourth-order valence-corrected chi connectivity index (χ4v) is 3.57. The van der Waals surface area contributed by atoms with Gasteiger partial charge in [0.1, 0.15) is 5.84 Å². The molecule has 6 heteroatoms. The second kappa shape index (κ2) is 9.48. The zero-order chi connectivity index (χ0) is 19.9. The van der Waals surface area contributed by atoms with E-state index in [0.717, 1.165) is 36.3 Å². The van der Waals surface area contributed by atoms with E-state index in [0.29, 0.717) is 23.6 Å². The summed E-state index contributed by atoms with van der Waals surface area (Å²) >= 11 is 0. The summed E-state index contributed by atoms with van der Waals surface area (Å²) in [4.78, 5) is 12.1. The van der Waals surface area contributed by atoms with Crippen LogP contribution in [0.5, 0.6) is 0 Å². The van der Waals surface area contributed by atoms with Crippen molar-refractivity contribution in [3.8, 4) is 11.1 Å². The van der Waals surface area contributed by atoms with E-state index in [1.54, 1.807) is 6.07 Å². The molecule has 0 bridgehead atoms. The van der Waals surface area contributed by atoms with Gasteiger partial charge in [-0.15, -0.1) is 0 Å². The molecular formula is C22H28N4O2. The number of rotatable bonds is 7. The molecule has 0 aromatic heterocycles. The molecule has 3 rings (SSSR count). The van der Waals surface area contributed by atoms with Crippen LogP contribution in [0.15, 0.2) is 42.5 Å². The Morgan fingerprint density at radius 1 is 1.18 bits per heavy atom. The van der Waals surface area contributed by atoms with Crippen LogP contribution in [0.25, 0.3) is 11.1 Å². The SMILES string of the molecule is COC(=O)c1cc(CNCC2CCNCC2)cc(-c2cccc(C(=N)N)c2)c1. The Morgan fingerprint density at radius 2 is 1.93 bits per heavy atom. The molecule has 1 heterocycles. The van der Waals surface area contributed by atoms with Gasteiger partial charge in [-0.25, -0.2) is 4.79 Å². The van der Waals surface area contributed by atoms with Gasteiger partial charge in [-0.05, 0) is 79.3 Å². The van der Waals surface area contributed by atoms with Crippen LogP contribution in [0, 0.1) is 11.3 Å². The minimum absolute atomic E-state index is 0.0230. The molecule has 0 radical (unpaired) electrons. The molecule has 2 aromatic carbocycles. The van der Waals surface area contributed by atoms with Crippen LogP contribution >= 0.6 is 0 Å². The largest absolute Gasteiger partial charge is 0.465 e. The smallest absolute Gasteiger partial charge is 0.337 e. The minimum atomic E-state index is -0.357. The van der Waals surface area contributed by atoms with Crippen LogP contribution in [0.1, 0.15) is 34.3 Å². The van der Waals surface area contributed by atoms with Crippen molar-refractivity contribution in [2.45, 2.75) is 19.4 Å². The average molecular weight is 380 g/mol. The Hall–Kier alpha value is -2.70. The Balaban J connectivity index is 1.81. The van der Waals surface area contributed by atoms with E-state index in [1.165, 1.54) is 20.0 Å². The number of carbonyl (C=O) groups excluding carboxylic acids is 1. The predicted octanol–water partition coefficient (Wildman–Crippen LogP) is 2.51. The van der Waals surface area contributed by atoms with Crippen molar-refractivity contribution in [1.29, 1.82) is 5.41 Å². The highest BCUT2D eigenvalue weighted by Gasteiger charge is 2.14. The molecule has 0 amide bonds. The molecule has 2 aromatic rings. The summed E-state index contributed by atoms with van der Waals surface area (Å²) in [5.41, 5.74) is 9.65. The monoisotopic (exact) mass is 380 g/mol. The molecule has 6 nitrogen and oxygen atoms in total. The number of piperidine rings is 1. The van der Waals surface area contributed by atoms with Gasteiger partial charge in [0.05, 0.1) is 12.7 Å². The topological polar surface area (TPSA) is 100 Å². The number of hydrogen-bond acceptors (Lipinski definition) is 5. The highest BCUT2D eigenvalue weighted by molar-refractivity contribution is 5.96. The molecule has 1 aliphatic heterocycles. The third kappa shape index (κ3) is 5.18. The number of esters is 1. The number of amidine groups is 1. The second-order valence-corrected chi connectivity index (χ2v) is 7.23. The van der Waals surface area contributed by atoms with Gasteiger partial charge in [-0.3, -0.25) is 5.41 Å². The maximum atomic E-state index is 12.1. The molecule has 0 saturated carbocycles. The number of ether oxygens (including phenoxy) is 1. The molecule has 5 N–H and O–H groups in total. The first kappa shape index (κ1) is 20.0. The molecule has 0 atom stereocenters. The summed E-state index contributed by atoms with van der Waals surface area (Å²) in [7, 11) is 1.39. The molecule has 0 unspecified atom stereocenters. The van der Waals surface area contributed by atoms with Gasteiger partial charge < -0.3 is 21.1 Å². The number of nitrogens with one attached hydrogen (secondary N) is 3. The van der Waals surface area contributed by atoms with E-state index < -0.39 is 0 Å². The first-order chi connectivity index (χ1) is 13.6. The average Bonchev–Trinajstić information content (AvgIpc) is 2.73. The summed E-state index contributed by atoms with van der Waals surface area (Å²) in [5.74, 6) is 0.357. The Labute approximate surface area is 166 Å². The quantitative estimate of drug-likeness (QED) is 0.336. The zero-order valence-corrected chi connectivity index (χ0v) is 16.3. The van der Waals surface area contributed by atoms with Crippen molar-refractivity contribution < 1.29 is 9.53 Å². The standard InChI is InChI=1S/C22H28N4O2/c1-28-22(27)20-10-16(14-26-13-15-5-7-25-8-6-15)9-19(12-20)17-3-2-4-18(11-17)21(23)24/h2-4,9-12,15,25-26H,5-8,13-14H2,1H3,(H3,23,24). The van der Waals surface area contributed by atoms with Gasteiger partial charge in [0.15, 0.2) is 0 Å². The van der Waals surface area contributed by atoms with Crippen molar-refractivity contribution >= 4 is 11.8 Å². The highest BCUT2D eigenvalue weighted by atomic mass is 16.5. The fraction of sp³-hybridized carbons (Fsp3) is 0.364. The van der Waals surface area contributed by atoms with Crippen molar-refractivity contribution in [2.24, 2.45) is 11.7 Å². The maximum Gasteiger partial charge on any atom is 0.337 e. The predicted molar refractivity (Wildman–Crippen MR) is 112 cm³/mol. The number of hydrogen-bond donors (Lipinski definition) is 4. The Morgan fingerprint density at radius 3 is 2.64 bits per heavy atom. The normalized spacial score (nSPS) is 14.6. The van der Waals surface area contributed by atoms with Crippen LogP contribution < -0.4 is 16.4 Å². The van der Waals surface area contributed by atoms with Crippen molar-refractivity contribution in [3.63, 3.8) is 0 Å². The van der Waals surface area contributed by atoms with Crippen LogP contribution in [-0.2, 0) is 11.3 Å². The van der Waals surface area contributed by atoms with E-state index in [-0.39, 0.29) is 11.8 Å². The lowest BCUT2D eigenvalue weighted by Crippen LogP contribution is -2.33. The van der Waals surface area contributed by atoms with Gasteiger partial charge in [-0.1, -0.05) is 18.2 Å². The highest BCUT2D eigenvalue weighted by Crippen LogP contribution is 2.24. The summed E-state index contributed by atoms with van der Waals surface area (Å²) in [5, 5.41) is 14.6. The molecular weight excluding hydrogens is 352 g/mol. The Kier molecular flexibility index (Phi) is 6.79. The van der Waals surface area contributed by atoms with Gasteiger partial charge in [-0.2, -0.15) is 0 Å². The van der Waals surface area contributed by atoms with Crippen LogP contribution in [-0.4, -0.2) is 38.5 Å². The molecule has 1 aliphatic rings. The maximum absolute atomic E-state index is 12.1. The van der Waals surface area contributed by atoms with Gasteiger partial charge in [0.25, 0.3) is 0 Å². The second-order valence-electron chi connectivity index (χ2n) is 7.23. The van der Waals surface area contributed by atoms with Crippen LogP contribution in [0.2, 0.25) is 0 Å². The molecule has 1 saturated heterocycles. The zero-order valence-electron chi connectivity index (χ0n) is 16.3. The van der Waals surface area contributed by atoms with Crippen LogP contribution in [0.3, 0.4) is 0 Å². The molecule has 148 valence electrons. The summed E-state index contributed by atoms with van der Waals surface area (Å²) < 4.78 is 4.92. The van der Waals surface area contributed by atoms with Gasteiger partial charge >= 0.3 is 5.97 Å². The summed E-state index contributed by atoms with van der Waals surface area (Å²) in [6.07, 6.45) is 2.39. The molecule has 28 heavy (non-hydrogen) atoms. The number of nitrogen functional groups attached to an aromatic ring is 1. The van der Waals surface area contributed by atoms with E-state index in [9.17, 15) is 4.79 Å². The fourth-order valence-electron chi connectivity index (χ4n) is 3.57. The Bertz CT molecular complexity index is 844. The van der Waals surface area contributed by atoms with E-state index in [1.807, 2.05) is 30.3 Å². The van der Waals surface area contributed by atoms with Crippen molar-refractivity contribution in [2.75, 3.05) is 26.7 Å². The van der Waals surface area contributed by atoms with E-state index >= 15 is 0 Å². The van der Waals surface area contributed by atoms with Gasteiger partial charge in [0.2, 0.25) is 0 Å². The third-order valence-electron chi connectivity index (χ3n) is 5.14. The lowest BCUT2D eigenvalue weighted by Gasteiger charge is -2.23. The lowest BCUT2D eigenvalue weighted by atomic mass is 9.97. The number of nitrogens with two attached hydrogens (primary N) is 1. The van der Waals surface area contributed by atoms with Crippen molar-refractivity contribution in [1.82, 2.24) is 10.6 Å². The lowest BCUT2D eigenvalue weighted by molar-refractivity contribution is 0.0600. The van der Waals surface area contributed by atoms with E-state index in [2.05, 4.69) is 16.7 Å². The number of benzene rings is 2. The first-order valence-electron chi connectivity index (χ1n) is 9.65. The van der Waals surface area contributed by atoms with Gasteiger partial charge in [0, 0.05) is 12.1 Å². The molecule has 1 fully saturated rings.